The van der Waals surface area contributed by atoms with Gasteiger partial charge in [0.15, 0.2) is 17.2 Å². The lowest BCUT2D eigenvalue weighted by molar-refractivity contribution is -0.128. The minimum atomic E-state index is -0.801. The third-order valence-electron chi connectivity index (χ3n) is 5.98. The van der Waals surface area contributed by atoms with Crippen LogP contribution in [0.5, 0.6) is 5.75 Å². The second-order valence-corrected chi connectivity index (χ2v) is 8.46. The van der Waals surface area contributed by atoms with Gasteiger partial charge in [0.25, 0.3) is 11.8 Å². The summed E-state index contributed by atoms with van der Waals surface area (Å²) < 4.78 is 20.6. The van der Waals surface area contributed by atoms with Crippen molar-refractivity contribution in [3.05, 3.63) is 58.8 Å². The van der Waals surface area contributed by atoms with E-state index in [0.717, 1.165) is 21.8 Å². The van der Waals surface area contributed by atoms with E-state index in [1.807, 2.05) is 0 Å². The van der Waals surface area contributed by atoms with Crippen molar-refractivity contribution in [1.29, 1.82) is 0 Å². The van der Waals surface area contributed by atoms with Gasteiger partial charge in [0.2, 0.25) is 5.91 Å². The highest BCUT2D eigenvalue weighted by Crippen LogP contribution is 2.24. The van der Waals surface area contributed by atoms with Crippen LogP contribution in [-0.4, -0.2) is 69.2 Å². The van der Waals surface area contributed by atoms with Gasteiger partial charge in [0.1, 0.15) is 29.8 Å². The lowest BCUT2D eigenvalue weighted by Gasteiger charge is -2.17. The molecule has 12 heteroatoms. The van der Waals surface area contributed by atoms with Gasteiger partial charge in [-0.15, -0.1) is 0 Å². The van der Waals surface area contributed by atoms with Crippen molar-refractivity contribution in [3.8, 4) is 5.75 Å². The maximum atomic E-state index is 14.3. The van der Waals surface area contributed by atoms with Crippen LogP contribution in [0.2, 0.25) is 0 Å². The summed E-state index contributed by atoms with van der Waals surface area (Å²) in [6, 6.07) is 5.75. The molecule has 2 aliphatic heterocycles. The molecule has 4 heterocycles. The fourth-order valence-electron chi connectivity index (χ4n) is 4.12. The second kappa shape index (κ2) is 8.78. The largest absolute Gasteiger partial charge is 0.486 e. The maximum absolute atomic E-state index is 14.3. The number of nitrogens with zero attached hydrogens (tertiary/aromatic N) is 4. The molecule has 35 heavy (non-hydrogen) atoms. The Morgan fingerprint density at radius 1 is 1.23 bits per heavy atom. The van der Waals surface area contributed by atoms with Crippen LogP contribution >= 0.6 is 0 Å². The summed E-state index contributed by atoms with van der Waals surface area (Å²) in [4.78, 5) is 55.1. The highest BCUT2D eigenvalue weighted by atomic mass is 19.1. The van der Waals surface area contributed by atoms with E-state index in [1.165, 1.54) is 11.0 Å². The molecule has 0 unspecified atom stereocenters. The number of halogens is 1. The van der Waals surface area contributed by atoms with E-state index in [1.54, 1.807) is 25.2 Å². The fraction of sp³-hybridized carbons (Fsp3) is 0.304. The van der Waals surface area contributed by atoms with Crippen molar-refractivity contribution in [2.75, 3.05) is 20.2 Å². The van der Waals surface area contributed by atoms with Gasteiger partial charge in [-0.05, 0) is 24.1 Å². The van der Waals surface area contributed by atoms with Gasteiger partial charge in [0.05, 0.1) is 6.20 Å². The monoisotopic (exact) mass is 480 g/mol. The second-order valence-electron chi connectivity index (χ2n) is 8.46. The predicted molar refractivity (Wildman–Crippen MR) is 118 cm³/mol. The molecular weight excluding hydrogens is 459 g/mol. The molecule has 0 spiro atoms. The van der Waals surface area contributed by atoms with Crippen LogP contribution in [0, 0.1) is 5.82 Å². The fourth-order valence-corrected chi connectivity index (χ4v) is 4.12. The molecule has 1 fully saturated rings. The summed E-state index contributed by atoms with van der Waals surface area (Å²) in [5, 5.41) is 9.15. The smallest absolute Gasteiger partial charge is 0.270 e. The molecule has 1 aromatic carbocycles. The van der Waals surface area contributed by atoms with E-state index in [-0.39, 0.29) is 48.3 Å². The maximum Gasteiger partial charge on any atom is 0.270 e. The third kappa shape index (κ3) is 4.29. The summed E-state index contributed by atoms with van der Waals surface area (Å²) in [5.74, 6) is -1.75. The average molecular weight is 480 g/mol. The predicted octanol–water partition coefficient (Wildman–Crippen LogP) is 0.263. The van der Waals surface area contributed by atoms with E-state index in [9.17, 15) is 23.6 Å². The quantitative estimate of drug-likeness (QED) is 0.535. The minimum Gasteiger partial charge on any atom is -0.486 e. The van der Waals surface area contributed by atoms with E-state index in [2.05, 4.69) is 20.7 Å². The van der Waals surface area contributed by atoms with Crippen molar-refractivity contribution in [2.24, 2.45) is 0 Å². The summed E-state index contributed by atoms with van der Waals surface area (Å²) in [6.07, 6.45) is 1.59. The molecule has 0 saturated carbocycles. The van der Waals surface area contributed by atoms with E-state index in [4.69, 9.17) is 4.74 Å². The first-order chi connectivity index (χ1) is 16.8. The van der Waals surface area contributed by atoms with Crippen molar-refractivity contribution >= 4 is 29.2 Å². The van der Waals surface area contributed by atoms with E-state index >= 15 is 0 Å². The van der Waals surface area contributed by atoms with Gasteiger partial charge in [-0.3, -0.25) is 19.2 Å². The zero-order valence-corrected chi connectivity index (χ0v) is 18.7. The summed E-state index contributed by atoms with van der Waals surface area (Å²) in [6.45, 7) is 0.659. The van der Waals surface area contributed by atoms with Crippen LogP contribution in [0.1, 0.15) is 38.5 Å². The lowest BCUT2D eigenvalue weighted by Crippen LogP contribution is -2.41. The number of fused-ring (bicyclic) bond motifs is 2. The molecule has 0 aliphatic carbocycles. The summed E-state index contributed by atoms with van der Waals surface area (Å²) >= 11 is 0. The number of Topliss-reactive ketones (excluding diaryl/α,β-unsaturated/α-hetero) is 1. The Labute approximate surface area is 198 Å². The molecule has 1 saturated heterocycles. The number of ether oxygens (including phenoxy) is 1. The van der Waals surface area contributed by atoms with Gasteiger partial charge in [-0.2, -0.15) is 5.10 Å². The van der Waals surface area contributed by atoms with Gasteiger partial charge in [-0.1, -0.05) is 6.07 Å². The summed E-state index contributed by atoms with van der Waals surface area (Å²) in [7, 11) is 1.64. The Balaban J connectivity index is 1.36. The molecular formula is C23H21FN6O5. The molecule has 1 atom stereocenters. The molecule has 2 N–H and O–H groups in total. The van der Waals surface area contributed by atoms with Crippen LogP contribution in [0.3, 0.4) is 0 Å². The highest BCUT2D eigenvalue weighted by Gasteiger charge is 2.31. The van der Waals surface area contributed by atoms with Crippen LogP contribution in [0.15, 0.2) is 30.5 Å². The number of hydrogen-bond acceptors (Lipinski definition) is 7. The number of benzene rings is 1. The van der Waals surface area contributed by atoms with Crippen LogP contribution in [-0.2, 0) is 22.6 Å². The summed E-state index contributed by atoms with van der Waals surface area (Å²) in [5.41, 5.74) is 0.861. The van der Waals surface area contributed by atoms with Gasteiger partial charge in [0, 0.05) is 38.2 Å². The third-order valence-corrected chi connectivity index (χ3v) is 5.98. The average Bonchev–Trinajstić information content (AvgIpc) is 3.38. The van der Waals surface area contributed by atoms with Crippen molar-refractivity contribution in [1.82, 2.24) is 30.1 Å². The molecule has 5 rings (SSSR count). The normalized spacial score (nSPS) is 17.3. The Morgan fingerprint density at radius 2 is 2.06 bits per heavy atom. The minimum absolute atomic E-state index is 0.0317. The van der Waals surface area contributed by atoms with Gasteiger partial charge in [-0.25, -0.2) is 13.9 Å². The number of likely N-dealkylation sites (N-methyl/N-ethyl adjacent to an activating group) is 1. The topological polar surface area (TPSA) is 135 Å². The zero-order chi connectivity index (χ0) is 24.7. The van der Waals surface area contributed by atoms with E-state index in [0.29, 0.717) is 18.7 Å². The van der Waals surface area contributed by atoms with Gasteiger partial charge >= 0.3 is 0 Å². The van der Waals surface area contributed by atoms with Gasteiger partial charge < -0.3 is 20.3 Å². The molecule has 0 bridgehead atoms. The van der Waals surface area contributed by atoms with Crippen molar-refractivity contribution in [3.63, 3.8) is 0 Å². The number of carbonyl (C=O) groups is 4. The number of carbonyl (C=O) groups excluding carboxylic acids is 4. The molecule has 3 amide bonds. The van der Waals surface area contributed by atoms with Crippen molar-refractivity contribution < 1.29 is 28.3 Å². The van der Waals surface area contributed by atoms with Crippen LogP contribution in [0.25, 0.3) is 5.65 Å². The molecule has 2 aromatic heterocycles. The van der Waals surface area contributed by atoms with Crippen LogP contribution in [0.4, 0.5) is 4.39 Å². The molecule has 0 radical (unpaired) electrons. The molecule has 180 valence electrons. The number of ketones is 1. The number of nitrogens with one attached hydrogen (secondary N) is 2. The molecule has 11 nitrogen and oxygen atoms in total. The Bertz CT molecular complexity index is 1390. The zero-order valence-electron chi connectivity index (χ0n) is 18.7. The van der Waals surface area contributed by atoms with Crippen LogP contribution < -0.4 is 15.4 Å². The lowest BCUT2D eigenvalue weighted by atomic mass is 10.0. The Morgan fingerprint density at radius 3 is 2.83 bits per heavy atom. The van der Waals surface area contributed by atoms with Crippen molar-refractivity contribution in [2.45, 2.75) is 25.4 Å². The Hall–Kier alpha value is -4.35. The molecule has 3 aromatic rings. The standard InChI is InChI=1S/C23H21FN6O5/c1-29-5-4-16(23(29)34)28-22(33)18-8-17(27-20-15(24)10-26-30(18)20)21(32)25-9-12-2-3-19-13(6-12)7-14(31)11-35-19/h2-3,6,8,10,16H,4-5,7,9,11H2,1H3,(H,25,32)(H,28,33)/t16-/m0/s1. The first kappa shape index (κ1) is 22.4. The number of amides is 3. The highest BCUT2D eigenvalue weighted by molar-refractivity contribution is 6.00. The number of likely N-dealkylation sites (tertiary alicyclic amines) is 1. The SMILES string of the molecule is CN1CC[C@H](NC(=O)c2cc(C(=O)NCc3ccc4c(c3)CC(=O)CO4)nc3c(F)cnn23)C1=O. The number of hydrogen-bond donors (Lipinski definition) is 2. The first-order valence-corrected chi connectivity index (χ1v) is 10.9. The number of aromatic nitrogens is 3. The first-order valence-electron chi connectivity index (χ1n) is 10.9. The number of rotatable bonds is 5. The van der Waals surface area contributed by atoms with E-state index < -0.39 is 23.7 Å². The molecule has 2 aliphatic rings. The Kier molecular flexibility index (Phi) is 5.63.